The molecule has 1 atom stereocenters. The van der Waals surface area contributed by atoms with Crippen LogP contribution < -0.4 is 11.1 Å². The Kier molecular flexibility index (Phi) is 5.89. The number of aliphatic carboxylic acids is 1. The molecule has 0 bridgehead atoms. The minimum atomic E-state index is -1.14. The first-order valence-electron chi connectivity index (χ1n) is 3.42. The Bertz CT molecular complexity index is 297. The number of rotatable bonds is 5. The number of nitrogens with one attached hydrogen (secondary N) is 1. The third-order valence-corrected chi connectivity index (χ3v) is 1.48. The summed E-state index contributed by atoms with van der Waals surface area (Å²) in [6.07, 6.45) is 0.00851. The molecule has 4 N–H and O–H groups in total. The number of primary amides is 1. The topological polar surface area (TPSA) is 109 Å². The van der Waals surface area contributed by atoms with E-state index in [1.54, 1.807) is 0 Å². The Hall–Kier alpha value is -1.09. The molecule has 0 aromatic heterocycles. The molecule has 6 nitrogen and oxygen atoms in total. The van der Waals surface area contributed by atoms with Crippen LogP contribution >= 0.6 is 7.92 Å². The second kappa shape index (κ2) is 6.43. The number of carboxylic acids is 1. The summed E-state index contributed by atoms with van der Waals surface area (Å²) in [6, 6.07) is -0.978. The number of nitrogens with two attached hydrogens (primary N) is 1. The average molecular weight is 204 g/mol. The van der Waals surface area contributed by atoms with Crippen LogP contribution in [0, 0.1) is 5.75 Å². The molecule has 0 radical (unpaired) electrons. The van der Waals surface area contributed by atoms with Crippen LogP contribution in [-0.2, 0) is 14.2 Å². The van der Waals surface area contributed by atoms with Crippen molar-refractivity contribution in [3.8, 4) is 5.75 Å². The summed E-state index contributed by atoms with van der Waals surface area (Å²) in [5.41, 5.74) is 4.83. The predicted octanol–water partition coefficient (Wildman–Crippen LogP) is -0.497. The van der Waals surface area contributed by atoms with Gasteiger partial charge in [0, 0.05) is 0 Å². The van der Waals surface area contributed by atoms with E-state index in [1.165, 1.54) is 0 Å². The molecule has 0 aliphatic heterocycles. The van der Waals surface area contributed by atoms with Gasteiger partial charge in [0.05, 0.1) is 0 Å². The van der Waals surface area contributed by atoms with Crippen molar-refractivity contribution in [2.75, 3.05) is 0 Å². The maximum absolute atomic E-state index is 10.5. The predicted molar refractivity (Wildman–Crippen MR) is 44.5 cm³/mol. The molecule has 0 aliphatic rings. The van der Waals surface area contributed by atoms with Crippen molar-refractivity contribution in [1.29, 1.82) is 0 Å². The molecular weight excluding hydrogens is 195 g/mol. The normalized spacial score (nSPS) is 11.4. The van der Waals surface area contributed by atoms with E-state index in [0.717, 1.165) is 0 Å². The fraction of sp³-hybridized carbons (Fsp3) is 0.500. The fourth-order valence-corrected chi connectivity index (χ4v) is 0.857. The van der Waals surface area contributed by atoms with Gasteiger partial charge < -0.3 is 0 Å². The number of carbonyl (C=O) groups excluding carboxylic acids is 1. The number of carbonyl (C=O) groups is 2. The molecule has 0 spiro atoms. The molecule has 72 valence electrons. The molecule has 0 aromatic carbocycles. The van der Waals surface area contributed by atoms with E-state index in [-0.39, 0.29) is 12.8 Å². The van der Waals surface area contributed by atoms with Gasteiger partial charge in [-0.3, -0.25) is 0 Å². The zero-order valence-electron chi connectivity index (χ0n) is 6.69. The Labute approximate surface area is 75.6 Å². The van der Waals surface area contributed by atoms with Gasteiger partial charge >= 0.3 is 74.7 Å². The van der Waals surface area contributed by atoms with Crippen molar-refractivity contribution >= 4 is 19.8 Å². The van der Waals surface area contributed by atoms with Crippen LogP contribution in [0.4, 0.5) is 0 Å². The van der Waals surface area contributed by atoms with Gasteiger partial charge in [-0.25, -0.2) is 0 Å². The van der Waals surface area contributed by atoms with Gasteiger partial charge in [-0.1, -0.05) is 0 Å². The first-order valence-corrected chi connectivity index (χ1v) is 4.23. The average Bonchev–Trinajstić information content (AvgIpc) is 2.03. The molecule has 0 unspecified atom stereocenters. The van der Waals surface area contributed by atoms with Crippen LogP contribution in [0.25, 0.3) is 0 Å². The second-order valence-corrected chi connectivity index (χ2v) is 2.65. The summed E-state index contributed by atoms with van der Waals surface area (Å²) in [5.74, 6) is 0.370. The van der Waals surface area contributed by atoms with E-state index in [2.05, 4.69) is 11.1 Å². The van der Waals surface area contributed by atoms with Crippen molar-refractivity contribution in [3.05, 3.63) is 0 Å². The van der Waals surface area contributed by atoms with Crippen LogP contribution in [0.3, 0.4) is 0 Å². The molecule has 7 heteroatoms. The summed E-state index contributed by atoms with van der Waals surface area (Å²) in [4.78, 5) is 20.8. The molecule has 0 saturated carbocycles. The van der Waals surface area contributed by atoms with E-state index in [4.69, 9.17) is 10.8 Å². The minimum absolute atomic E-state index is 0.0403. The standard InChI is InChI=1S/C6H9N2O4P/c7-5(9)2-1-4(6(10)11)8-3-13-12/h4,8H,1-2H2,(H2,7,9)(H,10,11)/t4-/m0/s1. The summed E-state index contributed by atoms with van der Waals surface area (Å²) >= 11 is 0. The van der Waals surface area contributed by atoms with Gasteiger partial charge in [-0.2, -0.15) is 0 Å². The van der Waals surface area contributed by atoms with Crippen molar-refractivity contribution < 1.29 is 19.3 Å². The van der Waals surface area contributed by atoms with Gasteiger partial charge in [0.2, 0.25) is 0 Å². The first kappa shape index (κ1) is 11.9. The summed E-state index contributed by atoms with van der Waals surface area (Å²) in [6.45, 7) is 0. The fourth-order valence-electron chi connectivity index (χ4n) is 0.648. The quantitative estimate of drug-likeness (QED) is 0.413. The van der Waals surface area contributed by atoms with Crippen molar-refractivity contribution in [2.24, 2.45) is 5.73 Å². The number of hydrogen-bond donors (Lipinski definition) is 3. The van der Waals surface area contributed by atoms with Crippen LogP contribution in [-0.4, -0.2) is 23.0 Å². The van der Waals surface area contributed by atoms with Crippen LogP contribution in [0.5, 0.6) is 0 Å². The molecule has 0 heterocycles. The molecular formula is C6H9N2O4P. The van der Waals surface area contributed by atoms with E-state index in [1.807, 2.05) is 0 Å². The SMILES string of the molecule is NC(=O)CC[C@H](NC#P=O)C(=O)O. The number of carboxylic acid groups (broad SMARTS) is 1. The Balaban J connectivity index is 4.07. The molecule has 0 aliphatic carbocycles. The number of hydrogen-bond acceptors (Lipinski definition) is 4. The zero-order chi connectivity index (χ0) is 10.3. The van der Waals surface area contributed by atoms with Crippen molar-refractivity contribution in [3.63, 3.8) is 0 Å². The van der Waals surface area contributed by atoms with Gasteiger partial charge in [-0.05, 0) is 0 Å². The second-order valence-electron chi connectivity index (χ2n) is 2.24. The third kappa shape index (κ3) is 6.11. The van der Waals surface area contributed by atoms with Gasteiger partial charge in [0.25, 0.3) is 0 Å². The van der Waals surface area contributed by atoms with E-state index in [9.17, 15) is 14.2 Å². The Morgan fingerprint density at radius 1 is 1.62 bits per heavy atom. The van der Waals surface area contributed by atoms with E-state index < -0.39 is 25.8 Å². The molecule has 0 fully saturated rings. The molecule has 0 saturated heterocycles. The van der Waals surface area contributed by atoms with E-state index >= 15 is 0 Å². The van der Waals surface area contributed by atoms with Gasteiger partial charge in [0.1, 0.15) is 0 Å². The Morgan fingerprint density at radius 2 is 2.23 bits per heavy atom. The zero-order valence-corrected chi connectivity index (χ0v) is 7.58. The van der Waals surface area contributed by atoms with Crippen molar-refractivity contribution in [2.45, 2.75) is 18.9 Å². The molecule has 1 amide bonds. The molecule has 13 heavy (non-hydrogen) atoms. The third-order valence-electron chi connectivity index (χ3n) is 1.26. The Morgan fingerprint density at radius 3 is 2.62 bits per heavy atom. The van der Waals surface area contributed by atoms with Crippen LogP contribution in [0.15, 0.2) is 0 Å². The maximum atomic E-state index is 10.5. The van der Waals surface area contributed by atoms with Crippen LogP contribution in [0.1, 0.15) is 12.8 Å². The van der Waals surface area contributed by atoms with E-state index in [0.29, 0.717) is 0 Å². The summed E-state index contributed by atoms with van der Waals surface area (Å²) < 4.78 is 9.91. The molecule has 0 rings (SSSR count). The first-order chi connectivity index (χ1) is 6.07. The molecule has 0 aromatic rings. The summed E-state index contributed by atoms with van der Waals surface area (Å²) in [5, 5.41) is 10.8. The van der Waals surface area contributed by atoms with Crippen LogP contribution in [0.2, 0.25) is 0 Å². The monoisotopic (exact) mass is 204 g/mol. The summed E-state index contributed by atoms with van der Waals surface area (Å²) in [7, 11) is -0.429. The number of amides is 1. The van der Waals surface area contributed by atoms with Gasteiger partial charge in [0.15, 0.2) is 0 Å². The van der Waals surface area contributed by atoms with Gasteiger partial charge in [-0.15, -0.1) is 0 Å². The van der Waals surface area contributed by atoms with Crippen molar-refractivity contribution in [1.82, 2.24) is 5.32 Å².